The molecule has 0 spiro atoms. The first-order valence-electron chi connectivity index (χ1n) is 7.08. The summed E-state index contributed by atoms with van der Waals surface area (Å²) in [5.74, 6) is -0.406. The smallest absolute Gasteiger partial charge is 0.271 e. The summed E-state index contributed by atoms with van der Waals surface area (Å²) >= 11 is 4.60. The van der Waals surface area contributed by atoms with Gasteiger partial charge in [0.15, 0.2) is 0 Å². The molecule has 0 bridgehead atoms. The van der Waals surface area contributed by atoms with E-state index in [4.69, 9.17) is 0 Å². The van der Waals surface area contributed by atoms with Crippen molar-refractivity contribution in [1.82, 2.24) is 4.98 Å². The van der Waals surface area contributed by atoms with E-state index in [-0.39, 0.29) is 23.1 Å². The Morgan fingerprint density at radius 3 is 2.50 bits per heavy atom. The summed E-state index contributed by atoms with van der Waals surface area (Å²) in [6.45, 7) is 3.20. The topological polar surface area (TPSA) is 91.1 Å². The molecule has 0 fully saturated rings. The third-order valence-corrected chi connectivity index (χ3v) is 4.55. The van der Waals surface area contributed by atoms with Crippen molar-refractivity contribution >= 4 is 50.9 Å². The first kappa shape index (κ1) is 18.3. The zero-order valence-electron chi connectivity index (χ0n) is 13.1. The average molecular weight is 410 g/mol. The Morgan fingerprint density at radius 2 is 1.88 bits per heavy atom. The molecule has 6 nitrogen and oxygen atoms in total. The van der Waals surface area contributed by atoms with Crippen molar-refractivity contribution in [3.63, 3.8) is 0 Å². The average Bonchev–Trinajstić information content (AvgIpc) is 2.52. The van der Waals surface area contributed by atoms with Gasteiger partial charge in [0, 0.05) is 28.2 Å². The van der Waals surface area contributed by atoms with Crippen LogP contribution in [0.3, 0.4) is 0 Å². The van der Waals surface area contributed by atoms with Gasteiger partial charge < -0.3 is 15.6 Å². The summed E-state index contributed by atoms with van der Waals surface area (Å²) in [4.78, 5) is 38.3. The summed E-state index contributed by atoms with van der Waals surface area (Å²) in [6.07, 6.45) is 1.51. The standard InChI is InChI=1S/C16H16BrN3O3S/c1-9(15(22)20-14-7-11(17)8-18-16(14)23)24-13-5-3-12(4-6-13)19-10(2)21/h3-9H,1-2H3,(H,18,23)(H,19,21)(H,20,22). The van der Waals surface area contributed by atoms with E-state index >= 15 is 0 Å². The molecule has 0 saturated carbocycles. The van der Waals surface area contributed by atoms with Crippen molar-refractivity contribution in [3.8, 4) is 0 Å². The lowest BCUT2D eigenvalue weighted by Gasteiger charge is -2.12. The van der Waals surface area contributed by atoms with Crippen LogP contribution in [0, 0.1) is 0 Å². The molecule has 8 heteroatoms. The third kappa shape index (κ3) is 5.24. The molecule has 1 unspecified atom stereocenters. The molecule has 0 aliphatic rings. The highest BCUT2D eigenvalue weighted by Gasteiger charge is 2.16. The number of rotatable bonds is 5. The van der Waals surface area contributed by atoms with E-state index in [0.717, 1.165) is 4.90 Å². The second kappa shape index (κ2) is 8.16. The summed E-state index contributed by atoms with van der Waals surface area (Å²) in [7, 11) is 0. The number of anilines is 2. The monoisotopic (exact) mass is 409 g/mol. The molecule has 1 atom stereocenters. The summed E-state index contributed by atoms with van der Waals surface area (Å²) in [5, 5.41) is 4.91. The number of pyridine rings is 1. The molecule has 1 aromatic heterocycles. The van der Waals surface area contributed by atoms with E-state index < -0.39 is 5.25 Å². The van der Waals surface area contributed by atoms with Gasteiger partial charge in [0.05, 0.1) is 5.25 Å². The minimum Gasteiger partial charge on any atom is -0.326 e. The normalized spacial score (nSPS) is 11.6. The van der Waals surface area contributed by atoms with Gasteiger partial charge in [0.2, 0.25) is 11.8 Å². The highest BCUT2D eigenvalue weighted by atomic mass is 79.9. The van der Waals surface area contributed by atoms with Crippen LogP contribution in [-0.4, -0.2) is 22.0 Å². The van der Waals surface area contributed by atoms with Gasteiger partial charge in [-0.05, 0) is 53.2 Å². The fourth-order valence-electron chi connectivity index (χ4n) is 1.86. The number of thioether (sulfide) groups is 1. The van der Waals surface area contributed by atoms with Crippen LogP contribution in [0.4, 0.5) is 11.4 Å². The van der Waals surface area contributed by atoms with E-state index in [1.165, 1.54) is 24.9 Å². The van der Waals surface area contributed by atoms with Gasteiger partial charge in [-0.1, -0.05) is 0 Å². The molecule has 2 amide bonds. The Labute approximate surface area is 151 Å². The SMILES string of the molecule is CC(=O)Nc1ccc(SC(C)C(=O)Nc2cc(Br)c[nH]c2=O)cc1. The molecule has 2 rings (SSSR count). The first-order valence-corrected chi connectivity index (χ1v) is 8.76. The van der Waals surface area contributed by atoms with Gasteiger partial charge in [-0.15, -0.1) is 11.8 Å². The van der Waals surface area contributed by atoms with Crippen LogP contribution in [0.1, 0.15) is 13.8 Å². The second-order valence-corrected chi connectivity index (χ2v) is 7.35. The van der Waals surface area contributed by atoms with Gasteiger partial charge >= 0.3 is 0 Å². The van der Waals surface area contributed by atoms with Gasteiger partial charge in [-0.25, -0.2) is 0 Å². The lowest BCUT2D eigenvalue weighted by atomic mass is 10.3. The van der Waals surface area contributed by atoms with Crippen molar-refractivity contribution < 1.29 is 9.59 Å². The Kier molecular flexibility index (Phi) is 6.22. The molecular formula is C16H16BrN3O3S. The maximum absolute atomic E-state index is 12.2. The predicted octanol–water partition coefficient (Wildman–Crippen LogP) is 3.22. The predicted molar refractivity (Wildman–Crippen MR) is 99.5 cm³/mol. The number of halogens is 1. The van der Waals surface area contributed by atoms with Crippen LogP contribution >= 0.6 is 27.7 Å². The van der Waals surface area contributed by atoms with Crippen LogP contribution in [0.2, 0.25) is 0 Å². The Morgan fingerprint density at radius 1 is 1.21 bits per heavy atom. The van der Waals surface area contributed by atoms with Crippen LogP contribution in [0.25, 0.3) is 0 Å². The number of benzene rings is 1. The van der Waals surface area contributed by atoms with Crippen LogP contribution in [0.15, 0.2) is 50.7 Å². The molecule has 0 aliphatic heterocycles. The zero-order valence-corrected chi connectivity index (χ0v) is 15.5. The second-order valence-electron chi connectivity index (χ2n) is 5.02. The van der Waals surface area contributed by atoms with Crippen molar-refractivity contribution in [1.29, 1.82) is 0 Å². The van der Waals surface area contributed by atoms with Gasteiger partial charge in [0.25, 0.3) is 5.56 Å². The molecule has 1 aromatic carbocycles. The number of hydrogen-bond acceptors (Lipinski definition) is 4. The number of nitrogens with one attached hydrogen (secondary N) is 3. The molecule has 24 heavy (non-hydrogen) atoms. The molecule has 0 aliphatic carbocycles. The van der Waals surface area contributed by atoms with Gasteiger partial charge in [0.1, 0.15) is 5.69 Å². The highest BCUT2D eigenvalue weighted by molar-refractivity contribution is 9.10. The molecule has 1 heterocycles. The number of hydrogen-bond donors (Lipinski definition) is 3. The lowest BCUT2D eigenvalue weighted by Crippen LogP contribution is -2.26. The van der Waals surface area contributed by atoms with E-state index in [0.29, 0.717) is 10.2 Å². The number of aromatic amines is 1. The third-order valence-electron chi connectivity index (χ3n) is 2.98. The Bertz CT molecular complexity index is 805. The fraction of sp³-hybridized carbons (Fsp3) is 0.188. The summed E-state index contributed by atoms with van der Waals surface area (Å²) < 4.78 is 0.672. The molecule has 3 N–H and O–H groups in total. The van der Waals surface area contributed by atoms with Crippen molar-refractivity contribution in [2.45, 2.75) is 24.0 Å². The summed E-state index contributed by atoms with van der Waals surface area (Å²) in [5.41, 5.74) is 0.538. The largest absolute Gasteiger partial charge is 0.326 e. The fourth-order valence-corrected chi connectivity index (χ4v) is 3.07. The van der Waals surface area contributed by atoms with Crippen molar-refractivity contribution in [2.75, 3.05) is 10.6 Å². The highest BCUT2D eigenvalue weighted by Crippen LogP contribution is 2.25. The van der Waals surface area contributed by atoms with Crippen molar-refractivity contribution in [3.05, 3.63) is 51.4 Å². The number of carbonyl (C=O) groups is 2. The number of aromatic nitrogens is 1. The zero-order chi connectivity index (χ0) is 17.7. The molecular weight excluding hydrogens is 394 g/mol. The van der Waals surface area contributed by atoms with E-state index in [1.807, 2.05) is 12.1 Å². The van der Waals surface area contributed by atoms with E-state index in [9.17, 15) is 14.4 Å². The number of carbonyl (C=O) groups excluding carboxylic acids is 2. The molecule has 126 valence electrons. The van der Waals surface area contributed by atoms with Crippen LogP contribution in [-0.2, 0) is 9.59 Å². The summed E-state index contributed by atoms with van der Waals surface area (Å²) in [6, 6.07) is 8.74. The van der Waals surface area contributed by atoms with Crippen LogP contribution < -0.4 is 16.2 Å². The minimum atomic E-state index is -0.394. The van der Waals surface area contributed by atoms with Crippen molar-refractivity contribution in [2.24, 2.45) is 0 Å². The molecule has 0 radical (unpaired) electrons. The van der Waals surface area contributed by atoms with Crippen LogP contribution in [0.5, 0.6) is 0 Å². The minimum absolute atomic E-state index is 0.137. The number of amides is 2. The van der Waals surface area contributed by atoms with E-state index in [1.54, 1.807) is 25.1 Å². The first-order chi connectivity index (χ1) is 11.3. The van der Waals surface area contributed by atoms with Gasteiger partial charge in [-0.2, -0.15) is 0 Å². The lowest BCUT2D eigenvalue weighted by molar-refractivity contribution is -0.115. The van der Waals surface area contributed by atoms with Gasteiger partial charge in [-0.3, -0.25) is 14.4 Å². The quantitative estimate of drug-likeness (QED) is 0.661. The number of H-pyrrole nitrogens is 1. The maximum Gasteiger partial charge on any atom is 0.271 e. The Hall–Kier alpha value is -2.06. The molecule has 0 saturated heterocycles. The maximum atomic E-state index is 12.2. The Balaban J connectivity index is 1.99. The molecule has 2 aromatic rings. The van der Waals surface area contributed by atoms with E-state index in [2.05, 4.69) is 31.5 Å².